The average Bonchev–Trinajstić information content (AvgIpc) is 2.81. The fraction of sp³-hybridized carbons (Fsp3) is 0.750. The lowest BCUT2D eigenvalue weighted by Crippen LogP contribution is -2.26. The third-order valence-corrected chi connectivity index (χ3v) is 4.63. The molecule has 0 radical (unpaired) electrons. The van der Waals surface area contributed by atoms with Crippen LogP contribution in [0.15, 0.2) is 0 Å². The summed E-state index contributed by atoms with van der Waals surface area (Å²) in [6.07, 6.45) is 7.75. The van der Waals surface area contributed by atoms with E-state index in [0.29, 0.717) is 0 Å². The molecule has 0 spiro atoms. The summed E-state index contributed by atoms with van der Waals surface area (Å²) >= 11 is 0. The first kappa shape index (κ1) is 35.7. The van der Waals surface area contributed by atoms with Crippen molar-refractivity contribution in [3.63, 3.8) is 0 Å². The molecule has 0 heterocycles. The lowest BCUT2D eigenvalue weighted by molar-refractivity contribution is 0.263. The number of halogens is 5. The standard InChI is InChI=1S/2C9H21N.C6H2BF5O3/c2*1-4-7-10(8-5-2)9-6-3;8-1-2(9)4(11)6(15-7(13)14)5(12)3(1)10/h2*4-9H2,1-3H3;13-14H. The monoisotopic (exact) mass is 514 g/mol. The molecule has 0 unspecified atom stereocenters. The molecule has 0 saturated heterocycles. The molecule has 0 saturated carbocycles. The third-order valence-electron chi connectivity index (χ3n) is 4.63. The van der Waals surface area contributed by atoms with E-state index >= 15 is 0 Å². The fourth-order valence-electron chi connectivity index (χ4n) is 3.36. The number of nitrogens with zero attached hydrogens (tertiary/aromatic N) is 2. The van der Waals surface area contributed by atoms with Gasteiger partial charge in [-0.05, 0) is 77.8 Å². The first-order chi connectivity index (χ1) is 16.6. The second-order valence-corrected chi connectivity index (χ2v) is 8.03. The Balaban J connectivity index is 0. The van der Waals surface area contributed by atoms with Gasteiger partial charge in [-0.25, -0.2) is 13.2 Å². The fourth-order valence-corrected chi connectivity index (χ4v) is 3.36. The van der Waals surface area contributed by atoms with Gasteiger partial charge in [-0.2, -0.15) is 8.78 Å². The van der Waals surface area contributed by atoms with Crippen molar-refractivity contribution in [3.05, 3.63) is 29.1 Å². The van der Waals surface area contributed by atoms with E-state index in [1.165, 1.54) is 77.8 Å². The Kier molecular flexibility index (Phi) is 22.3. The molecule has 0 atom stereocenters. The van der Waals surface area contributed by atoms with Crippen LogP contribution in [-0.2, 0) is 0 Å². The van der Waals surface area contributed by atoms with E-state index in [4.69, 9.17) is 10.0 Å². The van der Waals surface area contributed by atoms with Crippen molar-refractivity contribution in [1.29, 1.82) is 0 Å². The molecule has 2 N–H and O–H groups in total. The van der Waals surface area contributed by atoms with Gasteiger partial charge in [0.2, 0.25) is 29.1 Å². The summed E-state index contributed by atoms with van der Waals surface area (Å²) in [7, 11) is -2.70. The molecule has 0 bridgehead atoms. The summed E-state index contributed by atoms with van der Waals surface area (Å²) < 4.78 is 66.3. The summed E-state index contributed by atoms with van der Waals surface area (Å²) in [4.78, 5) is 5.08. The van der Waals surface area contributed by atoms with Crippen LogP contribution in [0.3, 0.4) is 0 Å². The number of hydrogen-bond donors (Lipinski definition) is 2. The highest BCUT2D eigenvalue weighted by Gasteiger charge is 2.29. The molecular formula is C24H44BF5N2O3. The van der Waals surface area contributed by atoms with Gasteiger partial charge in [0.1, 0.15) is 0 Å². The van der Waals surface area contributed by atoms with E-state index in [1.807, 2.05) is 0 Å². The van der Waals surface area contributed by atoms with Crippen LogP contribution in [0.1, 0.15) is 80.1 Å². The van der Waals surface area contributed by atoms with E-state index in [2.05, 4.69) is 56.0 Å². The predicted molar refractivity (Wildman–Crippen MR) is 132 cm³/mol. The summed E-state index contributed by atoms with van der Waals surface area (Å²) in [5, 5.41) is 16.3. The minimum absolute atomic E-state index is 1.28. The minimum atomic E-state index is -2.70. The zero-order valence-corrected chi connectivity index (χ0v) is 22.1. The number of rotatable bonds is 14. The number of benzene rings is 1. The molecule has 0 aliphatic heterocycles. The van der Waals surface area contributed by atoms with Crippen LogP contribution < -0.4 is 4.65 Å². The molecular weight excluding hydrogens is 470 g/mol. The molecule has 206 valence electrons. The Bertz CT molecular complexity index is 597. The van der Waals surface area contributed by atoms with Crippen LogP contribution in [0.25, 0.3) is 0 Å². The SMILES string of the molecule is CCCN(CCC)CCC.CCCN(CCC)CCC.OB(O)Oc1c(F)c(F)c(F)c(F)c1F. The maximum absolute atomic E-state index is 12.7. The average molecular weight is 514 g/mol. The summed E-state index contributed by atoms with van der Waals surface area (Å²) in [6, 6.07) is 0. The van der Waals surface area contributed by atoms with Crippen molar-refractivity contribution >= 4 is 7.32 Å². The third kappa shape index (κ3) is 15.3. The Morgan fingerprint density at radius 2 is 0.743 bits per heavy atom. The smallest absolute Gasteiger partial charge is 0.507 e. The van der Waals surface area contributed by atoms with Crippen molar-refractivity contribution in [3.8, 4) is 5.75 Å². The Morgan fingerprint density at radius 1 is 0.514 bits per heavy atom. The summed E-state index contributed by atoms with van der Waals surface area (Å²) in [5.41, 5.74) is 0. The van der Waals surface area contributed by atoms with Gasteiger partial charge < -0.3 is 24.5 Å². The second-order valence-electron chi connectivity index (χ2n) is 8.03. The van der Waals surface area contributed by atoms with E-state index in [9.17, 15) is 22.0 Å². The summed E-state index contributed by atoms with van der Waals surface area (Å²) in [5.74, 6) is -13.1. The largest absolute Gasteiger partial charge is 0.707 e. The van der Waals surface area contributed by atoms with Crippen molar-refractivity contribution in [2.45, 2.75) is 80.1 Å². The van der Waals surface area contributed by atoms with E-state index in [-0.39, 0.29) is 0 Å². The molecule has 0 aromatic heterocycles. The lowest BCUT2D eigenvalue weighted by atomic mass is 10.2. The van der Waals surface area contributed by atoms with Gasteiger partial charge in [-0.3, -0.25) is 0 Å². The highest BCUT2D eigenvalue weighted by atomic mass is 19.2. The zero-order valence-electron chi connectivity index (χ0n) is 22.1. The van der Waals surface area contributed by atoms with Gasteiger partial charge in [0, 0.05) is 0 Å². The maximum Gasteiger partial charge on any atom is 0.707 e. The lowest BCUT2D eigenvalue weighted by Gasteiger charge is -2.19. The van der Waals surface area contributed by atoms with Crippen molar-refractivity contribution in [1.82, 2.24) is 9.80 Å². The Morgan fingerprint density at radius 3 is 0.943 bits per heavy atom. The molecule has 0 fully saturated rings. The molecule has 35 heavy (non-hydrogen) atoms. The minimum Gasteiger partial charge on any atom is -0.507 e. The van der Waals surface area contributed by atoms with E-state index in [0.717, 1.165) is 0 Å². The van der Waals surface area contributed by atoms with Crippen molar-refractivity contribution in [2.75, 3.05) is 39.3 Å². The highest BCUT2D eigenvalue weighted by Crippen LogP contribution is 2.29. The van der Waals surface area contributed by atoms with Gasteiger partial charge in [0.25, 0.3) is 0 Å². The predicted octanol–water partition coefficient (Wildman–Crippen LogP) is 5.77. The molecule has 1 aromatic rings. The quantitative estimate of drug-likeness (QED) is 0.143. The van der Waals surface area contributed by atoms with Crippen LogP contribution in [0.5, 0.6) is 5.75 Å². The first-order valence-corrected chi connectivity index (χ1v) is 12.5. The molecule has 1 aromatic carbocycles. The van der Waals surface area contributed by atoms with Crippen LogP contribution in [0.4, 0.5) is 22.0 Å². The van der Waals surface area contributed by atoms with Crippen molar-refractivity contribution in [2.24, 2.45) is 0 Å². The first-order valence-electron chi connectivity index (χ1n) is 12.5. The summed E-state index contributed by atoms with van der Waals surface area (Å²) in [6.45, 7) is 21.2. The topological polar surface area (TPSA) is 56.2 Å². The molecule has 11 heteroatoms. The Labute approximate surface area is 208 Å². The Hall–Kier alpha value is -1.43. The van der Waals surface area contributed by atoms with Gasteiger partial charge in [0.15, 0.2) is 5.75 Å². The van der Waals surface area contributed by atoms with Gasteiger partial charge >= 0.3 is 7.32 Å². The molecule has 0 aliphatic carbocycles. The zero-order chi connectivity index (χ0) is 27.4. The maximum atomic E-state index is 12.7. The van der Waals surface area contributed by atoms with Gasteiger partial charge in [-0.1, -0.05) is 41.5 Å². The van der Waals surface area contributed by atoms with Gasteiger partial charge in [-0.15, -0.1) is 0 Å². The van der Waals surface area contributed by atoms with E-state index < -0.39 is 42.2 Å². The molecule has 5 nitrogen and oxygen atoms in total. The normalized spacial score (nSPS) is 10.6. The number of hydrogen-bond acceptors (Lipinski definition) is 5. The van der Waals surface area contributed by atoms with Crippen LogP contribution >= 0.6 is 0 Å². The van der Waals surface area contributed by atoms with Crippen molar-refractivity contribution < 1.29 is 36.7 Å². The molecule has 0 aliphatic rings. The second kappa shape index (κ2) is 21.8. The van der Waals surface area contributed by atoms with Crippen LogP contribution in [0.2, 0.25) is 0 Å². The van der Waals surface area contributed by atoms with Gasteiger partial charge in [0.05, 0.1) is 0 Å². The van der Waals surface area contributed by atoms with E-state index in [1.54, 1.807) is 0 Å². The molecule has 0 amide bonds. The molecule has 1 rings (SSSR count). The van der Waals surface area contributed by atoms with Crippen LogP contribution in [0, 0.1) is 29.1 Å². The van der Waals surface area contributed by atoms with Crippen LogP contribution in [-0.4, -0.2) is 66.4 Å². The highest BCUT2D eigenvalue weighted by molar-refractivity contribution is 6.33.